The van der Waals surface area contributed by atoms with E-state index >= 15 is 0 Å². The Hall–Kier alpha value is 0.0300. The Morgan fingerprint density at radius 2 is 1.47 bits per heavy atom. The fraction of sp³-hybridized carbons (Fsp3) is 1.00. The van der Waals surface area contributed by atoms with Crippen molar-refractivity contribution in [2.45, 2.75) is 19.8 Å². The zero-order valence-electron chi connectivity index (χ0n) is 9.18. The summed E-state index contributed by atoms with van der Waals surface area (Å²) in [5.41, 5.74) is 10.5. The van der Waals surface area contributed by atoms with E-state index in [4.69, 9.17) is 25.0 Å². The molecule has 0 aromatic heterocycles. The van der Waals surface area contributed by atoms with Crippen LogP contribution in [0, 0.1) is 0 Å². The normalized spacial score (nSPS) is 11.9. The Labute approximate surface area is 90.9 Å². The maximum atomic E-state index is 11.8. The number of phosphoric acid groups is 1. The molecule has 0 saturated heterocycles. The lowest BCUT2D eigenvalue weighted by atomic mass is 10.4. The highest BCUT2D eigenvalue weighted by atomic mass is 31.2. The molecule has 0 radical (unpaired) electrons. The topological polar surface area (TPSA) is 96.8 Å². The Morgan fingerprint density at radius 3 is 1.87 bits per heavy atom. The van der Waals surface area contributed by atoms with Crippen molar-refractivity contribution in [3.05, 3.63) is 0 Å². The third-order valence-electron chi connectivity index (χ3n) is 1.48. The van der Waals surface area contributed by atoms with Crippen molar-refractivity contribution in [3.8, 4) is 0 Å². The first-order chi connectivity index (χ1) is 7.18. The molecule has 0 unspecified atom stereocenters. The van der Waals surface area contributed by atoms with E-state index in [1.807, 2.05) is 6.92 Å². The fourth-order valence-electron chi connectivity index (χ4n) is 0.762. The summed E-state index contributed by atoms with van der Waals surface area (Å²) in [4.78, 5) is 0. The highest BCUT2D eigenvalue weighted by molar-refractivity contribution is 7.48. The second-order valence-corrected chi connectivity index (χ2v) is 4.55. The summed E-state index contributed by atoms with van der Waals surface area (Å²) < 4.78 is 26.8. The summed E-state index contributed by atoms with van der Waals surface area (Å²) in [7, 11) is -3.44. The van der Waals surface area contributed by atoms with Crippen molar-refractivity contribution < 1.29 is 18.1 Å². The predicted molar refractivity (Wildman–Crippen MR) is 58.5 cm³/mol. The van der Waals surface area contributed by atoms with Crippen LogP contribution in [0.4, 0.5) is 0 Å². The molecule has 7 heteroatoms. The molecule has 6 nitrogen and oxygen atoms in total. The minimum absolute atomic E-state index is 0.147. The van der Waals surface area contributed by atoms with Crippen LogP contribution in [-0.2, 0) is 18.1 Å². The first-order valence-corrected chi connectivity index (χ1v) is 6.58. The monoisotopic (exact) mass is 240 g/mol. The van der Waals surface area contributed by atoms with Gasteiger partial charge in [-0.3, -0.25) is 13.6 Å². The van der Waals surface area contributed by atoms with E-state index < -0.39 is 7.82 Å². The highest BCUT2D eigenvalue weighted by Gasteiger charge is 2.25. The van der Waals surface area contributed by atoms with E-state index in [-0.39, 0.29) is 26.3 Å². The van der Waals surface area contributed by atoms with E-state index in [9.17, 15) is 4.57 Å². The summed E-state index contributed by atoms with van der Waals surface area (Å²) in [6.07, 6.45) is 1.76. The van der Waals surface area contributed by atoms with E-state index in [1.54, 1.807) is 0 Å². The second kappa shape index (κ2) is 9.27. The lowest BCUT2D eigenvalue weighted by molar-refractivity contribution is 0.116. The first kappa shape index (κ1) is 15.0. The average Bonchev–Trinajstić information content (AvgIpc) is 2.24. The van der Waals surface area contributed by atoms with E-state index in [2.05, 4.69) is 0 Å². The largest absolute Gasteiger partial charge is 0.474 e. The fourth-order valence-corrected chi connectivity index (χ4v) is 2.00. The van der Waals surface area contributed by atoms with Crippen molar-refractivity contribution in [2.75, 3.05) is 32.9 Å². The van der Waals surface area contributed by atoms with Gasteiger partial charge in [0.25, 0.3) is 0 Å². The highest BCUT2D eigenvalue weighted by Crippen LogP contribution is 2.49. The quantitative estimate of drug-likeness (QED) is 0.434. The molecular weight excluding hydrogens is 219 g/mol. The van der Waals surface area contributed by atoms with Crippen LogP contribution in [0.5, 0.6) is 0 Å². The zero-order valence-corrected chi connectivity index (χ0v) is 10.1. The third-order valence-corrected chi connectivity index (χ3v) is 2.98. The number of phosphoric ester groups is 1. The van der Waals surface area contributed by atoms with Gasteiger partial charge in [0.2, 0.25) is 0 Å². The minimum Gasteiger partial charge on any atom is -0.328 e. The summed E-state index contributed by atoms with van der Waals surface area (Å²) in [6.45, 7) is 3.20. The Bertz CT molecular complexity index is 179. The van der Waals surface area contributed by atoms with Gasteiger partial charge in [-0.25, -0.2) is 4.57 Å². The molecule has 0 aliphatic heterocycles. The van der Waals surface area contributed by atoms with Crippen LogP contribution in [-0.4, -0.2) is 32.9 Å². The molecule has 0 aromatic rings. The minimum atomic E-state index is -3.44. The van der Waals surface area contributed by atoms with E-state index in [0.717, 1.165) is 12.8 Å². The van der Waals surface area contributed by atoms with Crippen LogP contribution < -0.4 is 11.5 Å². The van der Waals surface area contributed by atoms with Crippen molar-refractivity contribution in [2.24, 2.45) is 11.5 Å². The van der Waals surface area contributed by atoms with Crippen LogP contribution >= 0.6 is 7.82 Å². The van der Waals surface area contributed by atoms with Crippen molar-refractivity contribution >= 4 is 7.82 Å². The summed E-state index contributed by atoms with van der Waals surface area (Å²) in [5, 5.41) is 0. The molecule has 0 amide bonds. The van der Waals surface area contributed by atoms with Gasteiger partial charge in [-0.1, -0.05) is 13.3 Å². The van der Waals surface area contributed by atoms with Gasteiger partial charge in [-0.2, -0.15) is 0 Å². The summed E-state index contributed by atoms with van der Waals surface area (Å²) in [6, 6.07) is 0. The van der Waals surface area contributed by atoms with Crippen molar-refractivity contribution in [1.29, 1.82) is 0 Å². The maximum absolute atomic E-state index is 11.8. The number of unbranched alkanes of at least 4 members (excludes halogenated alkanes) is 1. The molecule has 0 fully saturated rings. The lowest BCUT2D eigenvalue weighted by Crippen LogP contribution is -2.13. The molecule has 0 bridgehead atoms. The molecule has 0 aliphatic rings. The zero-order chi connectivity index (χ0) is 11.6. The predicted octanol–water partition coefficient (Wildman–Crippen LogP) is 0.862. The van der Waals surface area contributed by atoms with Crippen molar-refractivity contribution in [3.63, 3.8) is 0 Å². The number of rotatable bonds is 10. The molecule has 0 aliphatic carbocycles. The number of hydrogen-bond donors (Lipinski definition) is 2. The van der Waals surface area contributed by atoms with Gasteiger partial charge in [-0.05, 0) is 6.42 Å². The van der Waals surface area contributed by atoms with Gasteiger partial charge in [0, 0.05) is 13.1 Å². The smallest absolute Gasteiger partial charge is 0.328 e. The molecule has 15 heavy (non-hydrogen) atoms. The van der Waals surface area contributed by atoms with Crippen LogP contribution in [0.25, 0.3) is 0 Å². The summed E-state index contributed by atoms with van der Waals surface area (Å²) >= 11 is 0. The molecule has 0 atom stereocenters. The third kappa shape index (κ3) is 7.90. The molecule has 0 aromatic carbocycles. The van der Waals surface area contributed by atoms with E-state index in [1.165, 1.54) is 0 Å². The van der Waals surface area contributed by atoms with Crippen LogP contribution in [0.1, 0.15) is 19.8 Å². The Kier molecular flexibility index (Phi) is 9.29. The molecule has 0 heterocycles. The molecule has 4 N–H and O–H groups in total. The Balaban J connectivity index is 3.96. The van der Waals surface area contributed by atoms with Crippen LogP contribution in [0.2, 0.25) is 0 Å². The second-order valence-electron chi connectivity index (χ2n) is 2.88. The van der Waals surface area contributed by atoms with E-state index in [0.29, 0.717) is 6.61 Å². The molecular formula is C8H21N2O4P. The van der Waals surface area contributed by atoms with Gasteiger partial charge in [0.15, 0.2) is 0 Å². The van der Waals surface area contributed by atoms with Gasteiger partial charge < -0.3 is 11.5 Å². The first-order valence-electron chi connectivity index (χ1n) is 5.12. The molecule has 92 valence electrons. The SMILES string of the molecule is CCCCOP(=O)(OCCN)OCCN. The van der Waals surface area contributed by atoms with Crippen LogP contribution in [0.3, 0.4) is 0 Å². The van der Waals surface area contributed by atoms with Gasteiger partial charge >= 0.3 is 7.82 Å². The van der Waals surface area contributed by atoms with Gasteiger partial charge in [-0.15, -0.1) is 0 Å². The number of nitrogens with two attached hydrogens (primary N) is 2. The Morgan fingerprint density at radius 1 is 1.00 bits per heavy atom. The molecule has 0 rings (SSSR count). The van der Waals surface area contributed by atoms with Gasteiger partial charge in [0.1, 0.15) is 0 Å². The average molecular weight is 240 g/mol. The lowest BCUT2D eigenvalue weighted by Gasteiger charge is -2.17. The number of hydrogen-bond acceptors (Lipinski definition) is 6. The molecule has 0 spiro atoms. The van der Waals surface area contributed by atoms with Crippen LogP contribution in [0.15, 0.2) is 0 Å². The summed E-state index contributed by atoms with van der Waals surface area (Å²) in [5.74, 6) is 0. The maximum Gasteiger partial charge on any atom is 0.474 e. The molecule has 0 saturated carbocycles. The van der Waals surface area contributed by atoms with Crippen molar-refractivity contribution in [1.82, 2.24) is 0 Å². The standard InChI is InChI=1S/C8H21N2O4P/c1-2-3-6-12-15(11,13-7-4-9)14-8-5-10/h2-10H2,1H3. The van der Waals surface area contributed by atoms with Gasteiger partial charge in [0.05, 0.1) is 19.8 Å².